The van der Waals surface area contributed by atoms with Crippen LogP contribution in [0.15, 0.2) is 25.3 Å². The van der Waals surface area contributed by atoms with E-state index in [1.807, 2.05) is 0 Å². The Morgan fingerprint density at radius 2 is 1.31 bits per heavy atom. The van der Waals surface area contributed by atoms with E-state index in [0.29, 0.717) is 0 Å². The lowest BCUT2D eigenvalue weighted by Crippen LogP contribution is -2.46. The van der Waals surface area contributed by atoms with Crippen molar-refractivity contribution in [2.75, 3.05) is 19.8 Å². The van der Waals surface area contributed by atoms with Gasteiger partial charge in [-0.15, -0.1) is 13.2 Å². The molecule has 3 nitrogen and oxygen atoms in total. The molecule has 76 valence electrons. The molecular weight excluding hydrogens is 168 g/mol. The smallest absolute Gasteiger partial charge is 0.0542 e. The van der Waals surface area contributed by atoms with Crippen LogP contribution in [-0.4, -0.2) is 35.1 Å². The molecule has 0 aromatic rings. The molecule has 0 rings (SSSR count). The lowest BCUT2D eigenvalue weighted by Gasteiger charge is -2.41. The molecule has 0 heterocycles. The fourth-order valence-electron chi connectivity index (χ4n) is 1.18. The molecule has 0 atom stereocenters. The maximum Gasteiger partial charge on any atom is 0.0542 e. The normalized spacial score (nSPS) is 12.6. The van der Waals surface area contributed by atoms with Crippen molar-refractivity contribution in [2.45, 2.75) is 6.92 Å². The second kappa shape index (κ2) is 4.56. The summed E-state index contributed by atoms with van der Waals surface area (Å²) in [5.74, 6) is 0. The molecule has 0 saturated carbocycles. The first-order valence-corrected chi connectivity index (χ1v) is 4.15. The third-order valence-corrected chi connectivity index (χ3v) is 2.90. The maximum atomic E-state index is 9.16. The Kier molecular flexibility index (Phi) is 4.33. The van der Waals surface area contributed by atoms with Gasteiger partial charge in [-0.2, -0.15) is 0 Å². The van der Waals surface area contributed by atoms with Gasteiger partial charge in [0, 0.05) is 5.41 Å². The standard InChI is InChI=1S/C10H18O3/c1-4-9(3,5-2)10(6-11,7-12)8-13/h4-5,11-13H,1-2,6-8H2,3H3. The van der Waals surface area contributed by atoms with Crippen LogP contribution in [0, 0.1) is 10.8 Å². The Labute approximate surface area is 79.0 Å². The first kappa shape index (κ1) is 12.4. The van der Waals surface area contributed by atoms with Gasteiger partial charge in [0.05, 0.1) is 25.2 Å². The molecule has 0 amide bonds. The number of hydrogen-bond acceptors (Lipinski definition) is 3. The van der Waals surface area contributed by atoms with Gasteiger partial charge in [0.15, 0.2) is 0 Å². The molecule has 13 heavy (non-hydrogen) atoms. The Morgan fingerprint density at radius 1 is 1.00 bits per heavy atom. The van der Waals surface area contributed by atoms with Crippen molar-refractivity contribution in [1.29, 1.82) is 0 Å². The van der Waals surface area contributed by atoms with E-state index in [1.54, 1.807) is 19.1 Å². The van der Waals surface area contributed by atoms with Crippen LogP contribution in [0.2, 0.25) is 0 Å². The molecule has 0 aliphatic carbocycles. The fourth-order valence-corrected chi connectivity index (χ4v) is 1.18. The fraction of sp³-hybridized carbons (Fsp3) is 0.600. The molecule has 3 N–H and O–H groups in total. The summed E-state index contributed by atoms with van der Waals surface area (Å²) in [4.78, 5) is 0. The molecule has 0 radical (unpaired) electrons. The van der Waals surface area contributed by atoms with Crippen molar-refractivity contribution < 1.29 is 15.3 Å². The molecule has 0 aromatic carbocycles. The van der Waals surface area contributed by atoms with Crippen molar-refractivity contribution in [3.63, 3.8) is 0 Å². The average molecular weight is 186 g/mol. The number of hydrogen-bond donors (Lipinski definition) is 3. The average Bonchev–Trinajstić information content (AvgIpc) is 2.20. The SMILES string of the molecule is C=CC(C)(C=C)C(CO)(CO)CO. The van der Waals surface area contributed by atoms with Gasteiger partial charge in [0.1, 0.15) is 0 Å². The van der Waals surface area contributed by atoms with Gasteiger partial charge in [-0.3, -0.25) is 0 Å². The highest BCUT2D eigenvalue weighted by Gasteiger charge is 2.43. The van der Waals surface area contributed by atoms with E-state index in [2.05, 4.69) is 13.2 Å². The van der Waals surface area contributed by atoms with Crippen molar-refractivity contribution in [1.82, 2.24) is 0 Å². The van der Waals surface area contributed by atoms with Crippen LogP contribution in [0.5, 0.6) is 0 Å². The summed E-state index contributed by atoms with van der Waals surface area (Å²) < 4.78 is 0. The van der Waals surface area contributed by atoms with E-state index in [9.17, 15) is 0 Å². The third kappa shape index (κ3) is 1.82. The summed E-state index contributed by atoms with van der Waals surface area (Å²) in [6, 6.07) is 0. The quantitative estimate of drug-likeness (QED) is 0.524. The minimum atomic E-state index is -0.990. The lowest BCUT2D eigenvalue weighted by molar-refractivity contribution is -0.0461. The van der Waals surface area contributed by atoms with E-state index in [-0.39, 0.29) is 19.8 Å². The zero-order chi connectivity index (χ0) is 10.5. The molecule has 0 aliphatic rings. The second-order valence-electron chi connectivity index (χ2n) is 3.45. The number of allylic oxidation sites excluding steroid dienone is 2. The summed E-state index contributed by atoms with van der Waals surface area (Å²) in [7, 11) is 0. The number of aliphatic hydroxyl groups excluding tert-OH is 3. The molecule has 0 bridgehead atoms. The molecule has 3 heteroatoms. The van der Waals surface area contributed by atoms with Gasteiger partial charge in [-0.1, -0.05) is 19.1 Å². The zero-order valence-electron chi connectivity index (χ0n) is 8.03. The highest BCUT2D eigenvalue weighted by atomic mass is 16.3. The Hall–Kier alpha value is -0.640. The third-order valence-electron chi connectivity index (χ3n) is 2.90. The Bertz CT molecular complexity index is 166. The number of aliphatic hydroxyl groups is 3. The predicted octanol–water partition coefficient (Wildman–Crippen LogP) is 0.328. The van der Waals surface area contributed by atoms with Crippen LogP contribution in [-0.2, 0) is 0 Å². The molecule has 0 spiro atoms. The van der Waals surface area contributed by atoms with Crippen molar-refractivity contribution >= 4 is 0 Å². The van der Waals surface area contributed by atoms with Crippen molar-refractivity contribution in [3.8, 4) is 0 Å². The van der Waals surface area contributed by atoms with Crippen LogP contribution in [0.4, 0.5) is 0 Å². The van der Waals surface area contributed by atoms with Crippen LogP contribution in [0.1, 0.15) is 6.92 Å². The number of rotatable bonds is 6. The summed E-state index contributed by atoms with van der Waals surface area (Å²) in [5.41, 5.74) is -1.66. The van der Waals surface area contributed by atoms with Crippen LogP contribution >= 0.6 is 0 Å². The van der Waals surface area contributed by atoms with E-state index in [1.165, 1.54) is 0 Å². The molecular formula is C10H18O3. The van der Waals surface area contributed by atoms with Gasteiger partial charge in [0.2, 0.25) is 0 Å². The van der Waals surface area contributed by atoms with E-state index in [4.69, 9.17) is 15.3 Å². The van der Waals surface area contributed by atoms with E-state index >= 15 is 0 Å². The topological polar surface area (TPSA) is 60.7 Å². The molecule has 0 fully saturated rings. The zero-order valence-corrected chi connectivity index (χ0v) is 8.03. The minimum absolute atomic E-state index is 0.311. The summed E-state index contributed by atoms with van der Waals surface area (Å²) in [5, 5.41) is 27.5. The summed E-state index contributed by atoms with van der Waals surface area (Å²) in [6.07, 6.45) is 3.14. The summed E-state index contributed by atoms with van der Waals surface area (Å²) in [6.45, 7) is 8.04. The van der Waals surface area contributed by atoms with Gasteiger partial charge in [-0.05, 0) is 0 Å². The van der Waals surface area contributed by atoms with Gasteiger partial charge >= 0.3 is 0 Å². The van der Waals surface area contributed by atoms with Crippen LogP contribution < -0.4 is 0 Å². The molecule has 0 aromatic heterocycles. The molecule has 0 unspecified atom stereocenters. The molecule has 0 aliphatic heterocycles. The Morgan fingerprint density at radius 3 is 1.38 bits per heavy atom. The van der Waals surface area contributed by atoms with Crippen molar-refractivity contribution in [3.05, 3.63) is 25.3 Å². The minimum Gasteiger partial charge on any atom is -0.396 e. The van der Waals surface area contributed by atoms with Gasteiger partial charge in [0.25, 0.3) is 0 Å². The second-order valence-corrected chi connectivity index (χ2v) is 3.45. The van der Waals surface area contributed by atoms with E-state index < -0.39 is 10.8 Å². The van der Waals surface area contributed by atoms with Crippen molar-refractivity contribution in [2.24, 2.45) is 10.8 Å². The van der Waals surface area contributed by atoms with E-state index in [0.717, 1.165) is 0 Å². The lowest BCUT2D eigenvalue weighted by atomic mass is 9.65. The van der Waals surface area contributed by atoms with Gasteiger partial charge < -0.3 is 15.3 Å². The summed E-state index contributed by atoms with van der Waals surface area (Å²) >= 11 is 0. The Balaban J connectivity index is 5.10. The predicted molar refractivity (Wildman–Crippen MR) is 52.2 cm³/mol. The largest absolute Gasteiger partial charge is 0.396 e. The first-order valence-electron chi connectivity index (χ1n) is 4.15. The monoisotopic (exact) mass is 186 g/mol. The van der Waals surface area contributed by atoms with Crippen LogP contribution in [0.3, 0.4) is 0 Å². The highest BCUT2D eigenvalue weighted by molar-refractivity contribution is 5.13. The first-order chi connectivity index (χ1) is 6.05. The highest BCUT2D eigenvalue weighted by Crippen LogP contribution is 2.40. The maximum absolute atomic E-state index is 9.16. The van der Waals surface area contributed by atoms with Crippen LogP contribution in [0.25, 0.3) is 0 Å². The molecule has 0 saturated heterocycles. The van der Waals surface area contributed by atoms with Gasteiger partial charge in [-0.25, -0.2) is 0 Å².